The van der Waals surface area contributed by atoms with Crippen molar-refractivity contribution in [1.82, 2.24) is 14.9 Å². The molecular weight excluding hydrogens is 382 g/mol. The molecule has 1 aromatic heterocycles. The molecule has 1 aliphatic carbocycles. The van der Waals surface area contributed by atoms with E-state index in [0.717, 1.165) is 49.4 Å². The van der Waals surface area contributed by atoms with Crippen molar-refractivity contribution in [2.24, 2.45) is 17.8 Å². The lowest BCUT2D eigenvalue weighted by Crippen LogP contribution is -2.46. The van der Waals surface area contributed by atoms with Gasteiger partial charge < -0.3 is 29.8 Å². The largest absolute Gasteiger partial charge is 0.493 e. The molecule has 1 saturated carbocycles. The molecule has 0 bridgehead atoms. The van der Waals surface area contributed by atoms with Gasteiger partial charge in [0.2, 0.25) is 5.95 Å². The predicted octanol–water partition coefficient (Wildman–Crippen LogP) is 2.59. The molecule has 1 saturated heterocycles. The Morgan fingerprint density at radius 1 is 1.23 bits per heavy atom. The summed E-state index contributed by atoms with van der Waals surface area (Å²) in [5, 5.41) is 6.36. The van der Waals surface area contributed by atoms with Gasteiger partial charge in [0.1, 0.15) is 12.1 Å². The number of aromatic nitrogens is 2. The summed E-state index contributed by atoms with van der Waals surface area (Å²) in [5.74, 6) is 3.77. The molecule has 0 radical (unpaired) electrons. The molecule has 8 nitrogen and oxygen atoms in total. The van der Waals surface area contributed by atoms with Crippen LogP contribution in [0, 0.1) is 17.8 Å². The van der Waals surface area contributed by atoms with E-state index in [1.165, 1.54) is 0 Å². The normalized spacial score (nSPS) is 20.9. The second-order valence-electron chi connectivity index (χ2n) is 8.21. The number of hydrogen-bond donors (Lipinski definition) is 2. The topological polar surface area (TPSA) is 88.6 Å². The van der Waals surface area contributed by atoms with Crippen molar-refractivity contribution in [2.45, 2.75) is 12.8 Å². The minimum Gasteiger partial charge on any atom is -0.493 e. The molecule has 30 heavy (non-hydrogen) atoms. The average molecular weight is 412 g/mol. The van der Waals surface area contributed by atoms with Gasteiger partial charge in [-0.25, -0.2) is 4.98 Å². The highest BCUT2D eigenvalue weighted by molar-refractivity contribution is 5.61. The Morgan fingerprint density at radius 2 is 2.07 bits per heavy atom. The maximum Gasteiger partial charge on any atom is 0.229 e. The number of benzene rings is 1. The fraction of sp³-hybridized carbons (Fsp3) is 0.500. The molecule has 1 aliphatic heterocycles. The quantitative estimate of drug-likeness (QED) is 0.577. The van der Waals surface area contributed by atoms with Gasteiger partial charge in [-0.3, -0.25) is 0 Å². The van der Waals surface area contributed by atoms with Crippen molar-refractivity contribution < 1.29 is 14.3 Å². The minimum absolute atomic E-state index is 0.172. The minimum atomic E-state index is 0.172. The van der Waals surface area contributed by atoms with Crippen LogP contribution in [0.4, 0.5) is 17.5 Å². The molecule has 2 aliphatic rings. The Balaban J connectivity index is 1.47. The van der Waals surface area contributed by atoms with Gasteiger partial charge in [-0.2, -0.15) is 4.98 Å². The van der Waals surface area contributed by atoms with E-state index in [1.807, 2.05) is 31.3 Å². The van der Waals surface area contributed by atoms with E-state index in [2.05, 4.69) is 32.5 Å². The molecule has 160 valence electrons. The first-order chi connectivity index (χ1) is 14.6. The number of likely N-dealkylation sites (tertiary alicyclic amines) is 1. The van der Waals surface area contributed by atoms with Crippen molar-refractivity contribution in [3.63, 3.8) is 0 Å². The van der Waals surface area contributed by atoms with Crippen LogP contribution in [0.2, 0.25) is 0 Å². The van der Waals surface area contributed by atoms with Gasteiger partial charge in [-0.1, -0.05) is 0 Å². The highest BCUT2D eigenvalue weighted by Crippen LogP contribution is 2.39. The first-order valence-electron chi connectivity index (χ1n) is 10.4. The molecule has 1 aromatic carbocycles. The van der Waals surface area contributed by atoms with Crippen molar-refractivity contribution in [2.75, 3.05) is 51.5 Å². The summed E-state index contributed by atoms with van der Waals surface area (Å²) in [7, 11) is 5.58. The van der Waals surface area contributed by atoms with Crippen LogP contribution in [0.3, 0.4) is 0 Å². The summed E-state index contributed by atoms with van der Waals surface area (Å²) >= 11 is 0. The van der Waals surface area contributed by atoms with E-state index in [9.17, 15) is 4.79 Å². The molecule has 4 rings (SSSR count). The Labute approximate surface area is 177 Å². The van der Waals surface area contributed by atoms with Gasteiger partial charge in [0.15, 0.2) is 11.5 Å². The molecule has 0 amide bonds. The SMILES string of the molecule is CNc1cc(CC2CC2C=O)nc(Nc2ccc(OC)c(OCC3CN(C)C3)c2)n1. The first kappa shape index (κ1) is 20.4. The van der Waals surface area contributed by atoms with Crippen molar-refractivity contribution in [1.29, 1.82) is 0 Å². The zero-order chi connectivity index (χ0) is 21.1. The van der Waals surface area contributed by atoms with Crippen LogP contribution < -0.4 is 20.1 Å². The van der Waals surface area contributed by atoms with Crippen LogP contribution in [0.5, 0.6) is 11.5 Å². The number of nitrogens with zero attached hydrogens (tertiary/aromatic N) is 3. The summed E-state index contributed by atoms with van der Waals surface area (Å²) in [4.78, 5) is 22.4. The Morgan fingerprint density at radius 3 is 2.73 bits per heavy atom. The summed E-state index contributed by atoms with van der Waals surface area (Å²) in [6.07, 6.45) is 2.77. The fourth-order valence-corrected chi connectivity index (χ4v) is 3.86. The van der Waals surface area contributed by atoms with E-state index < -0.39 is 0 Å². The third-order valence-corrected chi connectivity index (χ3v) is 5.69. The molecule has 2 heterocycles. The Bertz CT molecular complexity index is 900. The summed E-state index contributed by atoms with van der Waals surface area (Å²) < 4.78 is 11.5. The van der Waals surface area contributed by atoms with Gasteiger partial charge >= 0.3 is 0 Å². The lowest BCUT2D eigenvalue weighted by molar-refractivity contribution is -0.109. The third-order valence-electron chi connectivity index (χ3n) is 5.69. The molecule has 2 atom stereocenters. The second-order valence-corrected chi connectivity index (χ2v) is 8.21. The number of anilines is 3. The average Bonchev–Trinajstić information content (AvgIpc) is 3.48. The Hall–Kier alpha value is -2.87. The zero-order valence-corrected chi connectivity index (χ0v) is 17.7. The summed E-state index contributed by atoms with van der Waals surface area (Å²) in [6, 6.07) is 7.65. The molecule has 2 fully saturated rings. The summed E-state index contributed by atoms with van der Waals surface area (Å²) in [5.41, 5.74) is 1.75. The van der Waals surface area contributed by atoms with Crippen LogP contribution in [0.1, 0.15) is 12.1 Å². The van der Waals surface area contributed by atoms with Gasteiger partial charge in [0.05, 0.1) is 13.7 Å². The predicted molar refractivity (Wildman–Crippen MR) is 116 cm³/mol. The zero-order valence-electron chi connectivity index (χ0n) is 17.7. The number of carbonyl (C=O) groups is 1. The van der Waals surface area contributed by atoms with Crippen molar-refractivity contribution in [3.05, 3.63) is 30.0 Å². The third kappa shape index (κ3) is 4.81. The van der Waals surface area contributed by atoms with E-state index >= 15 is 0 Å². The van der Waals surface area contributed by atoms with Gasteiger partial charge in [-0.05, 0) is 37.9 Å². The van der Waals surface area contributed by atoms with E-state index in [1.54, 1.807) is 7.11 Å². The van der Waals surface area contributed by atoms with Crippen LogP contribution in [0.15, 0.2) is 24.3 Å². The number of carbonyl (C=O) groups excluding carboxylic acids is 1. The van der Waals surface area contributed by atoms with Crippen LogP contribution in [-0.4, -0.2) is 62.1 Å². The molecular formula is C22H29N5O3. The monoisotopic (exact) mass is 411 g/mol. The number of aldehydes is 1. The standard InChI is InChI=1S/C22H29N5O3/c1-23-21-9-18(7-15-6-16(15)12-28)25-22(26-21)24-17-4-5-19(29-3)20(8-17)30-13-14-10-27(2)11-14/h4-5,8-9,12,14-16H,6-7,10-11,13H2,1-3H3,(H2,23,24,25,26). The second kappa shape index (κ2) is 8.87. The number of ether oxygens (including phenoxy) is 2. The number of methoxy groups -OCH3 is 1. The molecule has 0 spiro atoms. The lowest BCUT2D eigenvalue weighted by Gasteiger charge is -2.35. The number of rotatable bonds is 10. The van der Waals surface area contributed by atoms with Gasteiger partial charge in [0.25, 0.3) is 0 Å². The van der Waals surface area contributed by atoms with Crippen LogP contribution in [0.25, 0.3) is 0 Å². The highest BCUT2D eigenvalue weighted by atomic mass is 16.5. The van der Waals surface area contributed by atoms with Crippen molar-refractivity contribution >= 4 is 23.7 Å². The fourth-order valence-electron chi connectivity index (χ4n) is 3.86. The maximum absolute atomic E-state index is 10.9. The maximum atomic E-state index is 10.9. The molecule has 8 heteroatoms. The smallest absolute Gasteiger partial charge is 0.229 e. The number of hydrogen-bond acceptors (Lipinski definition) is 8. The highest BCUT2D eigenvalue weighted by Gasteiger charge is 2.37. The van der Waals surface area contributed by atoms with Crippen molar-refractivity contribution in [3.8, 4) is 11.5 Å². The number of nitrogens with one attached hydrogen (secondary N) is 2. The molecule has 2 aromatic rings. The lowest BCUT2D eigenvalue weighted by atomic mass is 10.0. The molecule has 2 unspecified atom stereocenters. The van der Waals surface area contributed by atoms with Gasteiger partial charge in [0, 0.05) is 55.5 Å². The van der Waals surface area contributed by atoms with Crippen LogP contribution >= 0.6 is 0 Å². The molecule has 2 N–H and O–H groups in total. The van der Waals surface area contributed by atoms with E-state index in [4.69, 9.17) is 9.47 Å². The van der Waals surface area contributed by atoms with E-state index in [0.29, 0.717) is 35.9 Å². The van der Waals surface area contributed by atoms with E-state index in [-0.39, 0.29) is 5.92 Å². The van der Waals surface area contributed by atoms with Gasteiger partial charge in [-0.15, -0.1) is 0 Å². The first-order valence-corrected chi connectivity index (χ1v) is 10.4. The summed E-state index contributed by atoms with van der Waals surface area (Å²) in [6.45, 7) is 2.78. The van der Waals surface area contributed by atoms with Crippen LogP contribution in [-0.2, 0) is 11.2 Å². The Kier molecular flexibility index (Phi) is 6.03.